The highest BCUT2D eigenvalue weighted by Crippen LogP contribution is 2.45. The Kier molecular flexibility index (Phi) is 6.44. The van der Waals surface area contributed by atoms with Crippen LogP contribution in [0.3, 0.4) is 0 Å². The first-order valence-corrected chi connectivity index (χ1v) is 13.0. The number of aromatic nitrogens is 2. The van der Waals surface area contributed by atoms with Crippen LogP contribution in [0, 0.1) is 0 Å². The highest BCUT2D eigenvalue weighted by atomic mass is 35.5. The molecule has 0 radical (unpaired) electrons. The number of hydrogen-bond acceptors (Lipinski definition) is 5. The van der Waals surface area contributed by atoms with Crippen molar-refractivity contribution in [1.29, 1.82) is 0 Å². The second-order valence-corrected chi connectivity index (χ2v) is 10.4. The van der Waals surface area contributed by atoms with Gasteiger partial charge in [-0.1, -0.05) is 41.4 Å². The zero-order valence-corrected chi connectivity index (χ0v) is 21.4. The van der Waals surface area contributed by atoms with Crippen LogP contribution in [0.4, 0.5) is 0 Å². The van der Waals surface area contributed by atoms with Crippen molar-refractivity contribution in [2.24, 2.45) is 0 Å². The van der Waals surface area contributed by atoms with Crippen molar-refractivity contribution < 1.29 is 19.4 Å². The summed E-state index contributed by atoms with van der Waals surface area (Å²) in [4.78, 5) is 21.5. The van der Waals surface area contributed by atoms with E-state index in [-0.39, 0.29) is 11.7 Å². The third-order valence-corrected chi connectivity index (χ3v) is 7.71. The molecule has 2 N–H and O–H groups in total. The monoisotopic (exact) mass is 537 g/mol. The number of nitrogens with one attached hydrogen (secondary N) is 1. The van der Waals surface area contributed by atoms with Crippen LogP contribution in [-0.2, 0) is 6.54 Å². The van der Waals surface area contributed by atoms with Crippen LogP contribution < -0.4 is 9.47 Å². The molecule has 9 heteroatoms. The van der Waals surface area contributed by atoms with E-state index in [9.17, 15) is 9.90 Å². The summed E-state index contributed by atoms with van der Waals surface area (Å²) >= 11 is 12.5. The van der Waals surface area contributed by atoms with Crippen molar-refractivity contribution in [1.82, 2.24) is 14.9 Å². The third kappa shape index (κ3) is 4.87. The van der Waals surface area contributed by atoms with Gasteiger partial charge in [0.25, 0.3) is 0 Å². The maximum atomic E-state index is 11.3. The Morgan fingerprint density at radius 3 is 2.70 bits per heavy atom. The molecule has 37 heavy (non-hydrogen) atoms. The van der Waals surface area contributed by atoms with Crippen molar-refractivity contribution in [2.45, 2.75) is 31.4 Å². The molecule has 2 aliphatic heterocycles. The molecule has 1 saturated heterocycles. The minimum atomic E-state index is -0.944. The summed E-state index contributed by atoms with van der Waals surface area (Å²) in [5.41, 5.74) is 3.80. The predicted molar refractivity (Wildman–Crippen MR) is 142 cm³/mol. The Morgan fingerprint density at radius 2 is 1.92 bits per heavy atom. The number of carboxylic acids is 1. The van der Waals surface area contributed by atoms with Gasteiger partial charge in [0, 0.05) is 21.2 Å². The van der Waals surface area contributed by atoms with E-state index in [2.05, 4.69) is 20.9 Å². The van der Waals surface area contributed by atoms with Crippen molar-refractivity contribution in [3.8, 4) is 11.5 Å². The molecule has 0 unspecified atom stereocenters. The Hall–Kier alpha value is -3.26. The number of rotatable bonds is 5. The number of aromatic amines is 1. The number of carbonyl (C=O) groups is 1. The normalized spacial score (nSPS) is 18.3. The Balaban J connectivity index is 1.14. The fourth-order valence-corrected chi connectivity index (χ4v) is 5.77. The lowest BCUT2D eigenvalue weighted by Crippen LogP contribution is -2.33. The summed E-state index contributed by atoms with van der Waals surface area (Å²) in [6, 6.07) is 16.5. The standard InChI is InChI=1S/C28H25Cl2N3O4/c29-18-5-6-20(21(30)13-18)25-15-36-24-3-1-2-19(27(24)37-25)16-8-10-33(11-9-16)14-26-31-22-7-4-17(28(34)35)12-23(22)32-26/h1-7,12-13,16,25H,8-11,14-15H2,(H,31,32)(H,34,35)/t25-/m0/s1. The number of halogens is 2. The Morgan fingerprint density at radius 1 is 1.08 bits per heavy atom. The first-order chi connectivity index (χ1) is 17.9. The molecule has 2 aliphatic rings. The fourth-order valence-electron chi connectivity index (χ4n) is 5.24. The number of likely N-dealkylation sites (tertiary alicyclic amines) is 1. The van der Waals surface area contributed by atoms with Gasteiger partial charge in [-0.2, -0.15) is 0 Å². The smallest absolute Gasteiger partial charge is 0.335 e. The first kappa shape index (κ1) is 24.1. The zero-order chi connectivity index (χ0) is 25.5. The molecule has 6 rings (SSSR count). The van der Waals surface area contributed by atoms with E-state index in [1.165, 1.54) is 0 Å². The summed E-state index contributed by atoms with van der Waals surface area (Å²) < 4.78 is 12.6. The second-order valence-electron chi connectivity index (χ2n) is 9.53. The van der Waals surface area contributed by atoms with Gasteiger partial charge in [0.1, 0.15) is 12.4 Å². The molecular formula is C28H25Cl2N3O4. The van der Waals surface area contributed by atoms with Crippen LogP contribution in [0.15, 0.2) is 54.6 Å². The molecule has 0 bridgehead atoms. The van der Waals surface area contributed by atoms with Crippen LogP contribution in [0.5, 0.6) is 11.5 Å². The highest BCUT2D eigenvalue weighted by molar-refractivity contribution is 6.35. The average Bonchev–Trinajstić information content (AvgIpc) is 3.30. The highest BCUT2D eigenvalue weighted by Gasteiger charge is 2.30. The van der Waals surface area contributed by atoms with Gasteiger partial charge < -0.3 is 19.6 Å². The number of aromatic carboxylic acids is 1. The van der Waals surface area contributed by atoms with Gasteiger partial charge in [0.2, 0.25) is 0 Å². The number of fused-ring (bicyclic) bond motifs is 2. The van der Waals surface area contributed by atoms with Crippen molar-refractivity contribution >= 4 is 40.2 Å². The first-order valence-electron chi connectivity index (χ1n) is 12.3. The van der Waals surface area contributed by atoms with Crippen molar-refractivity contribution in [2.75, 3.05) is 19.7 Å². The van der Waals surface area contributed by atoms with Crippen molar-refractivity contribution in [3.63, 3.8) is 0 Å². The van der Waals surface area contributed by atoms with E-state index in [4.69, 9.17) is 32.7 Å². The lowest BCUT2D eigenvalue weighted by Gasteiger charge is -2.34. The summed E-state index contributed by atoms with van der Waals surface area (Å²) in [7, 11) is 0. The zero-order valence-electron chi connectivity index (χ0n) is 19.9. The molecule has 0 amide bonds. The molecule has 3 heterocycles. The number of para-hydroxylation sites is 1. The predicted octanol–water partition coefficient (Wildman–Crippen LogP) is 6.46. The van der Waals surface area contributed by atoms with Gasteiger partial charge in [-0.3, -0.25) is 4.90 Å². The van der Waals surface area contributed by atoms with E-state index < -0.39 is 5.97 Å². The minimum absolute atomic E-state index is 0.251. The molecule has 1 aromatic heterocycles. The van der Waals surface area contributed by atoms with Gasteiger partial charge in [-0.05, 0) is 68.2 Å². The average molecular weight is 538 g/mol. The summed E-state index contributed by atoms with van der Waals surface area (Å²) in [5, 5.41) is 10.4. The number of H-pyrrole nitrogens is 1. The molecule has 0 aliphatic carbocycles. The van der Waals surface area contributed by atoms with Gasteiger partial charge >= 0.3 is 5.97 Å². The molecule has 1 atom stereocenters. The number of hydrogen-bond donors (Lipinski definition) is 2. The fraction of sp³-hybridized carbons (Fsp3) is 0.286. The number of piperidine rings is 1. The van der Waals surface area contributed by atoms with Crippen LogP contribution >= 0.6 is 23.2 Å². The van der Waals surface area contributed by atoms with Gasteiger partial charge in [0.15, 0.2) is 17.6 Å². The largest absolute Gasteiger partial charge is 0.485 e. The van der Waals surface area contributed by atoms with Gasteiger partial charge in [-0.25, -0.2) is 9.78 Å². The Labute approximate surface area is 223 Å². The molecule has 7 nitrogen and oxygen atoms in total. The number of nitrogens with zero attached hydrogens (tertiary/aromatic N) is 2. The molecule has 0 saturated carbocycles. The quantitative estimate of drug-likeness (QED) is 0.303. The molecule has 190 valence electrons. The maximum Gasteiger partial charge on any atom is 0.335 e. The number of imidazole rings is 1. The van der Waals surface area contributed by atoms with Gasteiger partial charge in [0.05, 0.1) is 23.1 Å². The molecule has 0 spiro atoms. The van der Waals surface area contributed by atoms with E-state index in [0.29, 0.717) is 29.1 Å². The number of ether oxygens (including phenoxy) is 2. The summed E-state index contributed by atoms with van der Waals surface area (Å²) in [6.45, 7) is 2.91. The topological polar surface area (TPSA) is 87.7 Å². The van der Waals surface area contributed by atoms with E-state index in [1.807, 2.05) is 24.3 Å². The minimum Gasteiger partial charge on any atom is -0.485 e. The molecule has 4 aromatic rings. The summed E-state index contributed by atoms with van der Waals surface area (Å²) in [6.07, 6.45) is 1.67. The van der Waals surface area contributed by atoms with Crippen molar-refractivity contribution in [3.05, 3.63) is 87.2 Å². The maximum absolute atomic E-state index is 11.3. The second kappa shape index (κ2) is 9.89. The Bertz CT molecular complexity index is 1480. The van der Waals surface area contributed by atoms with Crippen LogP contribution in [0.25, 0.3) is 11.0 Å². The van der Waals surface area contributed by atoms with Crippen LogP contribution in [0.2, 0.25) is 10.0 Å². The molecular weight excluding hydrogens is 513 g/mol. The summed E-state index contributed by atoms with van der Waals surface area (Å²) in [5.74, 6) is 1.81. The van der Waals surface area contributed by atoms with Gasteiger partial charge in [-0.15, -0.1) is 0 Å². The van der Waals surface area contributed by atoms with Crippen LogP contribution in [0.1, 0.15) is 52.2 Å². The number of benzene rings is 3. The lowest BCUT2D eigenvalue weighted by molar-refractivity contribution is 0.0697. The SMILES string of the molecule is O=C(O)c1ccc2nc(CN3CCC(c4cccc5c4O[C@H](c4ccc(Cl)cc4Cl)CO5)CC3)[nH]c2c1. The molecule has 1 fully saturated rings. The number of carboxylic acid groups (broad SMARTS) is 1. The van der Waals surface area contributed by atoms with E-state index in [1.54, 1.807) is 24.3 Å². The molecule has 3 aromatic carbocycles. The third-order valence-electron chi connectivity index (χ3n) is 7.15. The van der Waals surface area contributed by atoms with Crippen LogP contribution in [-0.4, -0.2) is 45.6 Å². The van der Waals surface area contributed by atoms with E-state index in [0.717, 1.165) is 65.4 Å². The lowest BCUT2D eigenvalue weighted by atomic mass is 9.88. The van der Waals surface area contributed by atoms with E-state index >= 15 is 0 Å².